The van der Waals surface area contributed by atoms with Crippen LogP contribution in [0, 0.1) is 6.92 Å². The summed E-state index contributed by atoms with van der Waals surface area (Å²) in [6.45, 7) is 5.29. The smallest absolute Gasteiger partial charge is 0.264 e. The van der Waals surface area contributed by atoms with Crippen LogP contribution >= 0.6 is 11.6 Å². The number of carbonyl (C=O) groups is 2. The molecule has 38 heavy (non-hydrogen) atoms. The van der Waals surface area contributed by atoms with Crippen LogP contribution in [0.15, 0.2) is 77.7 Å². The molecule has 1 N–H and O–H groups in total. The Morgan fingerprint density at radius 3 is 2.13 bits per heavy atom. The van der Waals surface area contributed by atoms with Crippen molar-refractivity contribution in [3.63, 3.8) is 0 Å². The second-order valence-electron chi connectivity index (χ2n) is 8.74. The van der Waals surface area contributed by atoms with Gasteiger partial charge >= 0.3 is 0 Å². The topological polar surface area (TPSA) is 96.0 Å². The molecular formula is C28H32ClN3O5S. The molecule has 2 amide bonds. The maximum atomic E-state index is 13.8. The Hall–Kier alpha value is -3.56. The van der Waals surface area contributed by atoms with Crippen LogP contribution in [0.1, 0.15) is 25.0 Å². The zero-order chi connectivity index (χ0) is 27.9. The van der Waals surface area contributed by atoms with Gasteiger partial charge in [-0.2, -0.15) is 0 Å². The predicted octanol–water partition coefficient (Wildman–Crippen LogP) is 4.41. The Morgan fingerprint density at radius 1 is 0.974 bits per heavy atom. The number of aryl methyl sites for hydroxylation is 1. The van der Waals surface area contributed by atoms with Gasteiger partial charge in [0, 0.05) is 18.1 Å². The summed E-state index contributed by atoms with van der Waals surface area (Å²) in [5.41, 5.74) is 2.03. The maximum absolute atomic E-state index is 13.8. The lowest BCUT2D eigenvalue weighted by molar-refractivity contribution is -0.139. The van der Waals surface area contributed by atoms with Gasteiger partial charge in [0.15, 0.2) is 0 Å². The minimum atomic E-state index is -4.14. The lowest BCUT2D eigenvalue weighted by Crippen LogP contribution is -2.51. The number of anilines is 1. The van der Waals surface area contributed by atoms with Gasteiger partial charge in [-0.3, -0.25) is 13.9 Å². The van der Waals surface area contributed by atoms with E-state index in [0.29, 0.717) is 23.0 Å². The molecule has 3 aromatic rings. The molecule has 0 saturated heterocycles. The van der Waals surface area contributed by atoms with Crippen LogP contribution in [0.4, 0.5) is 5.69 Å². The minimum absolute atomic E-state index is 0.00578. The summed E-state index contributed by atoms with van der Waals surface area (Å²) in [5, 5.41) is 3.13. The average Bonchev–Trinajstić information content (AvgIpc) is 2.91. The third-order valence-electron chi connectivity index (χ3n) is 6.03. The number of nitrogens with zero attached hydrogens (tertiary/aromatic N) is 2. The number of amides is 2. The van der Waals surface area contributed by atoms with Crippen molar-refractivity contribution in [2.45, 2.75) is 38.3 Å². The van der Waals surface area contributed by atoms with E-state index in [0.717, 1.165) is 15.4 Å². The summed E-state index contributed by atoms with van der Waals surface area (Å²) >= 11 is 5.97. The summed E-state index contributed by atoms with van der Waals surface area (Å²) in [4.78, 5) is 27.9. The Bertz CT molecular complexity index is 1340. The Morgan fingerprint density at radius 2 is 1.58 bits per heavy atom. The SMILES string of the molecule is CCNC(=O)[C@@H](C)N(Cc1ccc(OC)cc1)C(=O)CN(c1ccc(C)cc1)S(=O)(=O)c1ccc(Cl)cc1. The minimum Gasteiger partial charge on any atom is -0.497 e. The second-order valence-corrected chi connectivity index (χ2v) is 11.0. The van der Waals surface area contributed by atoms with Gasteiger partial charge in [-0.15, -0.1) is 0 Å². The molecule has 0 aromatic heterocycles. The van der Waals surface area contributed by atoms with E-state index in [1.54, 1.807) is 69.5 Å². The molecule has 0 saturated carbocycles. The first-order chi connectivity index (χ1) is 18.1. The van der Waals surface area contributed by atoms with Gasteiger partial charge in [-0.25, -0.2) is 8.42 Å². The number of rotatable bonds is 11. The highest BCUT2D eigenvalue weighted by atomic mass is 35.5. The molecule has 0 spiro atoms. The number of hydrogen-bond acceptors (Lipinski definition) is 5. The summed E-state index contributed by atoms with van der Waals surface area (Å²) in [6, 6.07) is 18.9. The first-order valence-corrected chi connectivity index (χ1v) is 13.9. The number of methoxy groups -OCH3 is 1. The summed E-state index contributed by atoms with van der Waals surface area (Å²) < 4.78 is 33.8. The van der Waals surface area contributed by atoms with Gasteiger partial charge < -0.3 is 15.0 Å². The molecule has 1 atom stereocenters. The van der Waals surface area contributed by atoms with E-state index in [9.17, 15) is 18.0 Å². The number of sulfonamides is 1. The fourth-order valence-corrected chi connectivity index (χ4v) is 5.35. The van der Waals surface area contributed by atoms with Gasteiger partial charge in [0.1, 0.15) is 18.3 Å². The molecule has 0 heterocycles. The monoisotopic (exact) mass is 557 g/mol. The number of likely N-dealkylation sites (N-methyl/N-ethyl adjacent to an activating group) is 1. The summed E-state index contributed by atoms with van der Waals surface area (Å²) in [7, 11) is -2.58. The van der Waals surface area contributed by atoms with E-state index < -0.39 is 28.5 Å². The number of ether oxygens (including phenoxy) is 1. The fraction of sp³-hybridized carbons (Fsp3) is 0.286. The van der Waals surface area contributed by atoms with Crippen LogP contribution in [-0.4, -0.2) is 51.4 Å². The van der Waals surface area contributed by atoms with Gasteiger partial charge in [0.2, 0.25) is 11.8 Å². The van der Waals surface area contributed by atoms with Gasteiger partial charge in [0.25, 0.3) is 10.0 Å². The Labute approximate surface area is 229 Å². The number of halogens is 1. The number of nitrogens with one attached hydrogen (secondary N) is 1. The molecule has 0 aliphatic rings. The van der Waals surface area contributed by atoms with Crippen LogP contribution in [0.3, 0.4) is 0 Å². The van der Waals surface area contributed by atoms with Crippen LogP contribution in [0.5, 0.6) is 5.75 Å². The third-order valence-corrected chi connectivity index (χ3v) is 8.07. The van der Waals surface area contributed by atoms with E-state index in [-0.39, 0.29) is 17.3 Å². The van der Waals surface area contributed by atoms with E-state index in [1.807, 2.05) is 6.92 Å². The molecule has 3 rings (SSSR count). The largest absolute Gasteiger partial charge is 0.497 e. The van der Waals surface area contributed by atoms with Crippen molar-refractivity contribution < 1.29 is 22.7 Å². The van der Waals surface area contributed by atoms with Crippen LogP contribution in [-0.2, 0) is 26.2 Å². The van der Waals surface area contributed by atoms with E-state index in [1.165, 1.54) is 29.2 Å². The zero-order valence-corrected chi connectivity index (χ0v) is 23.4. The van der Waals surface area contributed by atoms with Crippen molar-refractivity contribution in [1.82, 2.24) is 10.2 Å². The van der Waals surface area contributed by atoms with Crippen molar-refractivity contribution >= 4 is 39.1 Å². The lowest BCUT2D eigenvalue weighted by atomic mass is 10.1. The molecule has 10 heteroatoms. The first-order valence-electron chi connectivity index (χ1n) is 12.1. The molecule has 0 bridgehead atoms. The van der Waals surface area contributed by atoms with Crippen LogP contribution in [0.2, 0.25) is 5.02 Å². The van der Waals surface area contributed by atoms with Crippen molar-refractivity contribution in [2.24, 2.45) is 0 Å². The molecule has 0 fully saturated rings. The second kappa shape index (κ2) is 12.8. The number of carbonyl (C=O) groups excluding carboxylic acids is 2. The maximum Gasteiger partial charge on any atom is 0.264 e. The number of benzene rings is 3. The van der Waals surface area contributed by atoms with Crippen molar-refractivity contribution in [3.05, 3.63) is 88.9 Å². The summed E-state index contributed by atoms with van der Waals surface area (Å²) in [6.07, 6.45) is 0. The van der Waals surface area contributed by atoms with Crippen LogP contribution < -0.4 is 14.4 Å². The van der Waals surface area contributed by atoms with Gasteiger partial charge in [0.05, 0.1) is 17.7 Å². The molecule has 0 radical (unpaired) electrons. The van der Waals surface area contributed by atoms with Gasteiger partial charge in [-0.05, 0) is 74.9 Å². The normalized spacial score (nSPS) is 11.9. The van der Waals surface area contributed by atoms with E-state index >= 15 is 0 Å². The quantitative estimate of drug-likeness (QED) is 0.377. The highest BCUT2D eigenvalue weighted by Crippen LogP contribution is 2.26. The number of hydrogen-bond donors (Lipinski definition) is 1. The highest BCUT2D eigenvalue weighted by Gasteiger charge is 2.32. The van der Waals surface area contributed by atoms with Crippen molar-refractivity contribution in [3.8, 4) is 5.75 Å². The molecular weight excluding hydrogens is 526 g/mol. The molecule has 8 nitrogen and oxygen atoms in total. The molecule has 0 aliphatic carbocycles. The first kappa shape index (κ1) is 29.0. The molecule has 0 aliphatic heterocycles. The van der Waals surface area contributed by atoms with E-state index in [4.69, 9.17) is 16.3 Å². The highest BCUT2D eigenvalue weighted by molar-refractivity contribution is 7.92. The molecule has 0 unspecified atom stereocenters. The standard InChI is InChI=1S/C28H32ClN3O5S/c1-5-30-28(34)21(3)31(18-22-8-14-25(37-4)15-9-22)27(33)19-32(24-12-6-20(2)7-13-24)38(35,36)26-16-10-23(29)11-17-26/h6-17,21H,5,18-19H2,1-4H3,(H,30,34)/t21-/m1/s1. The lowest BCUT2D eigenvalue weighted by Gasteiger charge is -2.32. The van der Waals surface area contributed by atoms with E-state index in [2.05, 4.69) is 5.32 Å². The summed E-state index contributed by atoms with van der Waals surface area (Å²) in [5.74, 6) is -0.211. The van der Waals surface area contributed by atoms with Crippen molar-refractivity contribution in [1.29, 1.82) is 0 Å². The van der Waals surface area contributed by atoms with Gasteiger partial charge in [-0.1, -0.05) is 41.4 Å². The molecule has 202 valence electrons. The third kappa shape index (κ3) is 7.05. The zero-order valence-electron chi connectivity index (χ0n) is 21.8. The molecule has 3 aromatic carbocycles. The Balaban J connectivity index is 2.01. The average molecular weight is 558 g/mol. The van der Waals surface area contributed by atoms with Crippen LogP contribution in [0.25, 0.3) is 0 Å². The predicted molar refractivity (Wildman–Crippen MR) is 149 cm³/mol. The fourth-order valence-electron chi connectivity index (χ4n) is 3.81. The van der Waals surface area contributed by atoms with Crippen molar-refractivity contribution in [2.75, 3.05) is 24.5 Å². The Kier molecular flexibility index (Phi) is 9.77.